The molecule has 0 aliphatic heterocycles. The first-order valence-corrected chi connectivity index (χ1v) is 10.9. The average molecular weight is 343 g/mol. The lowest BCUT2D eigenvalue weighted by Gasteiger charge is -2.75. The molecule has 1 N–H and O–H groups in total. The van der Waals surface area contributed by atoms with Gasteiger partial charge in [-0.25, -0.2) is 0 Å². The summed E-state index contributed by atoms with van der Waals surface area (Å²) in [6, 6.07) is 0. The van der Waals surface area contributed by atoms with Crippen LogP contribution in [0.25, 0.3) is 0 Å². The van der Waals surface area contributed by atoms with Crippen molar-refractivity contribution in [3.63, 3.8) is 0 Å². The molecule has 2 unspecified atom stereocenters. The van der Waals surface area contributed by atoms with Crippen LogP contribution in [0.1, 0.15) is 90.9 Å². The molecule has 0 spiro atoms. The van der Waals surface area contributed by atoms with E-state index in [4.69, 9.17) is 0 Å². The molecule has 0 heterocycles. The van der Waals surface area contributed by atoms with E-state index in [1.807, 2.05) is 0 Å². The van der Waals surface area contributed by atoms with E-state index in [1.165, 1.54) is 57.8 Å². The van der Waals surface area contributed by atoms with Crippen LogP contribution in [0.5, 0.6) is 0 Å². The lowest BCUT2D eigenvalue weighted by atomic mass is 9.28. The van der Waals surface area contributed by atoms with Crippen molar-refractivity contribution in [3.05, 3.63) is 0 Å². The molecule has 8 rings (SSSR count). The minimum atomic E-state index is -0.460. The molecule has 8 fully saturated rings. The standard InChI is InChI=1S/C23H34O2/c1-19-9-20(2)11-21(10-19,18(24)25)14-23(12-19,13-20)22-6-15-3-16(7-22)5-17(4-15)8-22/h15-17H,3-14H2,1-2H3,(H,24,25). The molecule has 2 nitrogen and oxygen atoms in total. The van der Waals surface area contributed by atoms with Crippen LogP contribution in [-0.4, -0.2) is 11.1 Å². The summed E-state index contributed by atoms with van der Waals surface area (Å²) in [5.41, 5.74) is 1.02. The van der Waals surface area contributed by atoms with Gasteiger partial charge in [-0.2, -0.15) is 0 Å². The van der Waals surface area contributed by atoms with Crippen LogP contribution in [0.4, 0.5) is 0 Å². The van der Waals surface area contributed by atoms with Crippen molar-refractivity contribution in [2.24, 2.45) is 44.8 Å². The molecule has 25 heavy (non-hydrogen) atoms. The molecule has 2 atom stereocenters. The zero-order valence-corrected chi connectivity index (χ0v) is 16.1. The van der Waals surface area contributed by atoms with Crippen molar-refractivity contribution < 1.29 is 9.90 Å². The highest BCUT2D eigenvalue weighted by molar-refractivity contribution is 5.76. The second kappa shape index (κ2) is 4.14. The largest absolute Gasteiger partial charge is 0.481 e. The summed E-state index contributed by atoms with van der Waals surface area (Å²) >= 11 is 0. The Morgan fingerprint density at radius 1 is 0.720 bits per heavy atom. The van der Waals surface area contributed by atoms with Gasteiger partial charge in [-0.15, -0.1) is 0 Å². The van der Waals surface area contributed by atoms with Crippen molar-refractivity contribution in [2.75, 3.05) is 0 Å². The number of carbonyl (C=O) groups is 1. The van der Waals surface area contributed by atoms with E-state index in [9.17, 15) is 9.90 Å². The number of aliphatic carboxylic acids is 1. The van der Waals surface area contributed by atoms with Crippen LogP contribution in [0.3, 0.4) is 0 Å². The van der Waals surface area contributed by atoms with Crippen molar-refractivity contribution in [2.45, 2.75) is 90.9 Å². The molecular weight excluding hydrogens is 308 g/mol. The van der Waals surface area contributed by atoms with E-state index in [-0.39, 0.29) is 10.8 Å². The first-order chi connectivity index (χ1) is 11.7. The summed E-state index contributed by atoms with van der Waals surface area (Å²) < 4.78 is 0. The quantitative estimate of drug-likeness (QED) is 0.703. The lowest BCUT2D eigenvalue weighted by Crippen LogP contribution is -2.68. The van der Waals surface area contributed by atoms with Gasteiger partial charge in [0.2, 0.25) is 0 Å². The molecule has 0 saturated heterocycles. The SMILES string of the molecule is CC12CC3(C)CC(C(=O)O)(C1)CC(C14CC5CC(CC(C5)C1)C4)(C2)C3. The van der Waals surface area contributed by atoms with Crippen LogP contribution in [0, 0.1) is 44.8 Å². The maximum Gasteiger partial charge on any atom is 0.309 e. The van der Waals surface area contributed by atoms with E-state index in [2.05, 4.69) is 13.8 Å². The van der Waals surface area contributed by atoms with Gasteiger partial charge in [0.05, 0.1) is 5.41 Å². The Labute approximate surface area is 152 Å². The van der Waals surface area contributed by atoms with Gasteiger partial charge in [0, 0.05) is 0 Å². The molecule has 8 aliphatic rings. The fourth-order valence-corrected chi connectivity index (χ4v) is 11.2. The smallest absolute Gasteiger partial charge is 0.309 e. The minimum Gasteiger partial charge on any atom is -0.481 e. The Hall–Kier alpha value is -0.530. The Morgan fingerprint density at radius 2 is 1.20 bits per heavy atom. The number of rotatable bonds is 2. The third-order valence-corrected chi connectivity index (χ3v) is 10.2. The Kier molecular flexibility index (Phi) is 2.57. The normalized spacial score (nSPS) is 64.0. The summed E-state index contributed by atoms with van der Waals surface area (Å²) in [5.74, 6) is 2.46. The highest BCUT2D eigenvalue weighted by Gasteiger charge is 2.73. The molecule has 0 aromatic carbocycles. The van der Waals surface area contributed by atoms with Crippen LogP contribution in [0.15, 0.2) is 0 Å². The van der Waals surface area contributed by atoms with Crippen LogP contribution in [0.2, 0.25) is 0 Å². The molecule has 0 aromatic heterocycles. The highest BCUT2D eigenvalue weighted by atomic mass is 16.4. The minimum absolute atomic E-state index is 0.283. The van der Waals surface area contributed by atoms with E-state index >= 15 is 0 Å². The molecule has 0 radical (unpaired) electrons. The van der Waals surface area contributed by atoms with E-state index in [0.717, 1.165) is 37.0 Å². The fourth-order valence-electron chi connectivity index (χ4n) is 11.2. The maximum atomic E-state index is 12.5. The fraction of sp³-hybridized carbons (Fsp3) is 0.957. The highest BCUT2D eigenvalue weighted by Crippen LogP contribution is 2.81. The monoisotopic (exact) mass is 342 g/mol. The van der Waals surface area contributed by atoms with Crippen molar-refractivity contribution in [3.8, 4) is 0 Å². The Morgan fingerprint density at radius 3 is 1.64 bits per heavy atom. The molecule has 8 saturated carbocycles. The van der Waals surface area contributed by atoms with Crippen LogP contribution in [-0.2, 0) is 4.79 Å². The molecule has 0 aromatic rings. The molecule has 138 valence electrons. The van der Waals surface area contributed by atoms with E-state index in [1.54, 1.807) is 0 Å². The Bertz CT molecular complexity index is 608. The predicted octanol–water partition coefficient (Wildman–Crippen LogP) is 5.65. The average Bonchev–Trinajstić information content (AvgIpc) is 2.41. The van der Waals surface area contributed by atoms with Crippen molar-refractivity contribution >= 4 is 5.97 Å². The summed E-state index contributed by atoms with van der Waals surface area (Å²) in [6.07, 6.45) is 15.7. The first-order valence-electron chi connectivity index (χ1n) is 10.9. The topological polar surface area (TPSA) is 37.3 Å². The van der Waals surface area contributed by atoms with Gasteiger partial charge in [-0.1, -0.05) is 13.8 Å². The van der Waals surface area contributed by atoms with Crippen molar-refractivity contribution in [1.29, 1.82) is 0 Å². The van der Waals surface area contributed by atoms with Gasteiger partial charge in [-0.05, 0) is 116 Å². The molecule has 8 bridgehead atoms. The van der Waals surface area contributed by atoms with Gasteiger partial charge < -0.3 is 5.11 Å². The molecular formula is C23H34O2. The first kappa shape index (κ1) is 15.5. The zero-order chi connectivity index (χ0) is 17.3. The molecule has 2 heteroatoms. The summed E-state index contributed by atoms with van der Waals surface area (Å²) in [7, 11) is 0. The predicted molar refractivity (Wildman–Crippen MR) is 97.0 cm³/mol. The molecule has 0 amide bonds. The second-order valence-electron chi connectivity index (χ2n) is 12.7. The van der Waals surface area contributed by atoms with Crippen LogP contribution >= 0.6 is 0 Å². The summed E-state index contributed by atoms with van der Waals surface area (Å²) in [6.45, 7) is 4.91. The zero-order valence-electron chi connectivity index (χ0n) is 16.1. The maximum absolute atomic E-state index is 12.5. The Balaban J connectivity index is 1.50. The number of carboxylic acids is 1. The van der Waals surface area contributed by atoms with Gasteiger partial charge in [0.25, 0.3) is 0 Å². The lowest BCUT2D eigenvalue weighted by molar-refractivity contribution is -0.263. The van der Waals surface area contributed by atoms with Gasteiger partial charge in [0.15, 0.2) is 0 Å². The third kappa shape index (κ3) is 1.80. The molecule has 8 aliphatic carbocycles. The van der Waals surface area contributed by atoms with Crippen molar-refractivity contribution in [1.82, 2.24) is 0 Å². The van der Waals surface area contributed by atoms with E-state index < -0.39 is 11.4 Å². The number of carboxylic acid groups (broad SMARTS) is 1. The van der Waals surface area contributed by atoms with Gasteiger partial charge >= 0.3 is 5.97 Å². The number of hydrogen-bond donors (Lipinski definition) is 1. The summed E-state index contributed by atoms with van der Waals surface area (Å²) in [4.78, 5) is 12.5. The van der Waals surface area contributed by atoms with Gasteiger partial charge in [0.1, 0.15) is 0 Å². The third-order valence-electron chi connectivity index (χ3n) is 10.2. The van der Waals surface area contributed by atoms with E-state index in [0.29, 0.717) is 10.8 Å². The summed E-state index contributed by atoms with van der Waals surface area (Å²) in [5, 5.41) is 10.3. The van der Waals surface area contributed by atoms with Crippen LogP contribution < -0.4 is 0 Å². The number of hydrogen-bond acceptors (Lipinski definition) is 1. The second-order valence-corrected chi connectivity index (χ2v) is 12.7. The van der Waals surface area contributed by atoms with Gasteiger partial charge in [-0.3, -0.25) is 4.79 Å².